The smallest absolute Gasteiger partial charge is 0.312 e. The molecule has 0 aliphatic carbocycles. The molecule has 4 nitrogen and oxygen atoms in total. The van der Waals surface area contributed by atoms with E-state index in [1.165, 1.54) is 12.8 Å². The maximum Gasteiger partial charge on any atom is 0.312 e. The number of carboxylic acids is 1. The first-order chi connectivity index (χ1) is 12.9. The number of nitrogens with zero attached hydrogens (tertiary/aromatic N) is 1. The van der Waals surface area contributed by atoms with Gasteiger partial charge in [-0.3, -0.25) is 4.79 Å². The Balaban J connectivity index is 5.18. The normalized spacial score (nSPS) is 14.1. The standard InChI is InChI=1S/C23H45NO3/c1-5-9-12-13-16-22(25)20-24(17-14-10-6-2,18-15-11-7-3)19-21(8-4)23(26)27/h5,21-22,25H,1,6-20H2,2-4H3/p+1. The van der Waals surface area contributed by atoms with Crippen LogP contribution in [-0.4, -0.2) is 52.9 Å². The average Bonchev–Trinajstić information content (AvgIpc) is 2.63. The number of unbranched alkanes of at least 4 members (excludes halogenated alkanes) is 6. The second-order valence-corrected chi connectivity index (χ2v) is 8.24. The molecule has 0 bridgehead atoms. The third-order valence-electron chi connectivity index (χ3n) is 5.72. The number of allylic oxidation sites excluding steroid dienone is 1. The van der Waals surface area contributed by atoms with Crippen LogP contribution in [0.5, 0.6) is 0 Å². The molecule has 2 N–H and O–H groups in total. The number of hydrogen-bond acceptors (Lipinski definition) is 2. The summed E-state index contributed by atoms with van der Waals surface area (Å²) in [6.45, 7) is 13.5. The molecule has 0 radical (unpaired) electrons. The summed E-state index contributed by atoms with van der Waals surface area (Å²) in [6, 6.07) is 0. The van der Waals surface area contributed by atoms with Crippen molar-refractivity contribution in [1.29, 1.82) is 0 Å². The lowest BCUT2D eigenvalue weighted by atomic mass is 10.0. The minimum Gasteiger partial charge on any atom is -0.481 e. The molecule has 0 heterocycles. The van der Waals surface area contributed by atoms with Gasteiger partial charge in [0, 0.05) is 0 Å². The molecule has 0 spiro atoms. The van der Waals surface area contributed by atoms with Crippen molar-refractivity contribution in [3.8, 4) is 0 Å². The van der Waals surface area contributed by atoms with Crippen molar-refractivity contribution in [3.05, 3.63) is 12.7 Å². The fraction of sp³-hybridized carbons (Fsp3) is 0.870. The number of quaternary nitrogens is 1. The summed E-state index contributed by atoms with van der Waals surface area (Å²) in [4.78, 5) is 11.7. The third kappa shape index (κ3) is 12.2. The fourth-order valence-electron chi connectivity index (χ4n) is 4.00. The van der Waals surface area contributed by atoms with Crippen LogP contribution in [0, 0.1) is 5.92 Å². The van der Waals surface area contributed by atoms with Gasteiger partial charge in [-0.15, -0.1) is 6.58 Å². The largest absolute Gasteiger partial charge is 0.481 e. The monoisotopic (exact) mass is 384 g/mol. The van der Waals surface area contributed by atoms with Crippen LogP contribution >= 0.6 is 0 Å². The second kappa shape index (κ2) is 16.1. The first-order valence-corrected chi connectivity index (χ1v) is 11.3. The topological polar surface area (TPSA) is 57.5 Å². The molecule has 0 saturated carbocycles. The van der Waals surface area contributed by atoms with E-state index in [1.54, 1.807) is 0 Å². The number of carboxylic acid groups (broad SMARTS) is 1. The molecule has 0 fully saturated rings. The van der Waals surface area contributed by atoms with Gasteiger partial charge >= 0.3 is 5.97 Å². The number of carbonyl (C=O) groups is 1. The van der Waals surface area contributed by atoms with Crippen LogP contribution < -0.4 is 0 Å². The lowest BCUT2D eigenvalue weighted by Crippen LogP contribution is -2.56. The summed E-state index contributed by atoms with van der Waals surface area (Å²) in [6.07, 6.45) is 13.0. The molecule has 160 valence electrons. The van der Waals surface area contributed by atoms with Crippen molar-refractivity contribution >= 4 is 5.97 Å². The van der Waals surface area contributed by atoms with Gasteiger partial charge in [0.2, 0.25) is 0 Å². The quantitative estimate of drug-likeness (QED) is 0.178. The number of aliphatic hydroxyl groups is 1. The van der Waals surface area contributed by atoms with E-state index in [4.69, 9.17) is 0 Å². The Morgan fingerprint density at radius 2 is 1.56 bits per heavy atom. The molecule has 2 unspecified atom stereocenters. The van der Waals surface area contributed by atoms with Gasteiger partial charge in [0.05, 0.1) is 19.6 Å². The van der Waals surface area contributed by atoms with Crippen LogP contribution in [-0.2, 0) is 4.79 Å². The highest BCUT2D eigenvalue weighted by Crippen LogP contribution is 2.21. The zero-order valence-electron chi connectivity index (χ0n) is 18.3. The lowest BCUT2D eigenvalue weighted by molar-refractivity contribution is -0.933. The van der Waals surface area contributed by atoms with E-state index in [1.807, 2.05) is 13.0 Å². The minimum absolute atomic E-state index is 0.318. The van der Waals surface area contributed by atoms with E-state index >= 15 is 0 Å². The molecular weight excluding hydrogens is 338 g/mol. The Morgan fingerprint density at radius 1 is 0.963 bits per heavy atom. The SMILES string of the molecule is C=CCCCCC(O)C[N+](CCCCC)(CCCCC)CC(CC)C(=O)O. The van der Waals surface area contributed by atoms with Crippen LogP contribution in [0.1, 0.15) is 91.4 Å². The van der Waals surface area contributed by atoms with Gasteiger partial charge < -0.3 is 14.7 Å². The predicted octanol–water partition coefficient (Wildman–Crippen LogP) is 5.40. The van der Waals surface area contributed by atoms with Crippen LogP contribution in [0.4, 0.5) is 0 Å². The molecule has 0 rings (SSSR count). The van der Waals surface area contributed by atoms with Crippen molar-refractivity contribution in [1.82, 2.24) is 0 Å². The van der Waals surface area contributed by atoms with Gasteiger partial charge in [0.25, 0.3) is 0 Å². The predicted molar refractivity (Wildman–Crippen MR) is 115 cm³/mol. The molecule has 27 heavy (non-hydrogen) atoms. The van der Waals surface area contributed by atoms with Gasteiger partial charge in [-0.25, -0.2) is 0 Å². The summed E-state index contributed by atoms with van der Waals surface area (Å²) in [7, 11) is 0. The average molecular weight is 385 g/mol. The van der Waals surface area contributed by atoms with Gasteiger partial charge in [-0.05, 0) is 51.4 Å². The van der Waals surface area contributed by atoms with E-state index in [9.17, 15) is 15.0 Å². The molecule has 0 aromatic carbocycles. The zero-order chi connectivity index (χ0) is 20.5. The first kappa shape index (κ1) is 26.1. The summed E-state index contributed by atoms with van der Waals surface area (Å²) in [5, 5.41) is 20.4. The van der Waals surface area contributed by atoms with Crippen molar-refractivity contribution in [2.24, 2.45) is 5.92 Å². The Bertz CT molecular complexity index is 374. The van der Waals surface area contributed by atoms with Gasteiger partial charge in [-0.2, -0.15) is 0 Å². The Labute approximate surface area is 168 Å². The Kier molecular flexibility index (Phi) is 15.6. The number of aliphatic carboxylic acids is 1. The fourth-order valence-corrected chi connectivity index (χ4v) is 4.00. The van der Waals surface area contributed by atoms with Crippen molar-refractivity contribution in [3.63, 3.8) is 0 Å². The van der Waals surface area contributed by atoms with Crippen LogP contribution in [0.15, 0.2) is 12.7 Å². The number of rotatable bonds is 19. The highest BCUT2D eigenvalue weighted by atomic mass is 16.4. The highest BCUT2D eigenvalue weighted by Gasteiger charge is 2.34. The molecule has 0 saturated heterocycles. The lowest BCUT2D eigenvalue weighted by Gasteiger charge is -2.42. The summed E-state index contributed by atoms with van der Waals surface area (Å²) >= 11 is 0. The Morgan fingerprint density at radius 3 is 2.00 bits per heavy atom. The van der Waals surface area contributed by atoms with E-state index in [0.717, 1.165) is 68.9 Å². The van der Waals surface area contributed by atoms with E-state index in [2.05, 4.69) is 20.4 Å². The summed E-state index contributed by atoms with van der Waals surface area (Å²) < 4.78 is 0.771. The van der Waals surface area contributed by atoms with Crippen molar-refractivity contribution in [2.75, 3.05) is 26.2 Å². The third-order valence-corrected chi connectivity index (χ3v) is 5.72. The van der Waals surface area contributed by atoms with Gasteiger partial charge in [0.1, 0.15) is 18.6 Å². The highest BCUT2D eigenvalue weighted by molar-refractivity contribution is 5.69. The van der Waals surface area contributed by atoms with Gasteiger partial charge in [-0.1, -0.05) is 46.1 Å². The number of aliphatic hydroxyl groups excluding tert-OH is 1. The second-order valence-electron chi connectivity index (χ2n) is 8.24. The van der Waals surface area contributed by atoms with Crippen LogP contribution in [0.3, 0.4) is 0 Å². The van der Waals surface area contributed by atoms with E-state index in [-0.39, 0.29) is 12.0 Å². The molecular formula is C23H46NO3+. The van der Waals surface area contributed by atoms with E-state index in [0.29, 0.717) is 19.5 Å². The maximum atomic E-state index is 11.7. The minimum atomic E-state index is -0.688. The summed E-state index contributed by atoms with van der Waals surface area (Å²) in [5.74, 6) is -1.01. The van der Waals surface area contributed by atoms with Crippen molar-refractivity contribution < 1.29 is 19.5 Å². The Hall–Kier alpha value is -0.870. The van der Waals surface area contributed by atoms with Gasteiger partial charge in [0.15, 0.2) is 0 Å². The van der Waals surface area contributed by atoms with Crippen LogP contribution in [0.2, 0.25) is 0 Å². The van der Waals surface area contributed by atoms with E-state index < -0.39 is 5.97 Å². The first-order valence-electron chi connectivity index (χ1n) is 11.3. The molecule has 0 aliphatic heterocycles. The molecule has 2 atom stereocenters. The van der Waals surface area contributed by atoms with Crippen molar-refractivity contribution in [2.45, 2.75) is 97.5 Å². The molecule has 0 amide bonds. The maximum absolute atomic E-state index is 11.7. The number of hydrogen-bond donors (Lipinski definition) is 2. The molecule has 0 aromatic rings. The zero-order valence-corrected chi connectivity index (χ0v) is 18.3. The van der Waals surface area contributed by atoms with Crippen LogP contribution in [0.25, 0.3) is 0 Å². The summed E-state index contributed by atoms with van der Waals surface area (Å²) in [5.41, 5.74) is 0. The molecule has 0 aromatic heterocycles. The molecule has 0 aliphatic rings. The molecule has 4 heteroatoms.